The number of methoxy groups -OCH3 is 2. The van der Waals surface area contributed by atoms with Crippen LogP contribution in [0.25, 0.3) is 0 Å². The third-order valence-electron chi connectivity index (χ3n) is 6.24. The molecule has 6 nitrogen and oxygen atoms in total. The van der Waals surface area contributed by atoms with Gasteiger partial charge in [0.05, 0.1) is 14.2 Å². The van der Waals surface area contributed by atoms with E-state index in [1.807, 2.05) is 18.2 Å². The van der Waals surface area contributed by atoms with Crippen LogP contribution in [0.2, 0.25) is 0 Å². The predicted molar refractivity (Wildman–Crippen MR) is 119 cm³/mol. The summed E-state index contributed by atoms with van der Waals surface area (Å²) in [6.07, 6.45) is 0. The third kappa shape index (κ3) is 5.32. The molecule has 0 radical (unpaired) electrons. The van der Waals surface area contributed by atoms with Crippen LogP contribution >= 0.6 is 0 Å². The fraction of sp³-hybridized carbons (Fsp3) is 0.458. The minimum Gasteiger partial charge on any atom is -0.493 e. The highest BCUT2D eigenvalue weighted by Crippen LogP contribution is 2.29. The van der Waals surface area contributed by atoms with E-state index in [2.05, 4.69) is 38.2 Å². The van der Waals surface area contributed by atoms with Crippen LogP contribution in [-0.2, 0) is 11.3 Å². The molecule has 0 aliphatic carbocycles. The summed E-state index contributed by atoms with van der Waals surface area (Å²) < 4.78 is 10.9. The Hall–Kier alpha value is -2.57. The van der Waals surface area contributed by atoms with Gasteiger partial charge < -0.3 is 24.6 Å². The first-order valence-corrected chi connectivity index (χ1v) is 10.7. The minimum atomic E-state index is 0.0953. The molecule has 30 heavy (non-hydrogen) atoms. The highest BCUT2D eigenvalue weighted by atomic mass is 16.5. The molecule has 3 N–H and O–H groups in total. The lowest BCUT2D eigenvalue weighted by Gasteiger charge is -2.30. The smallest absolute Gasteiger partial charge is 0.279 e. The van der Waals surface area contributed by atoms with E-state index in [0.717, 1.165) is 55.5 Å². The Bertz CT molecular complexity index is 890. The van der Waals surface area contributed by atoms with Crippen molar-refractivity contribution in [3.05, 3.63) is 52.6 Å². The first kappa shape index (κ1) is 22.1. The summed E-state index contributed by atoms with van der Waals surface area (Å²) in [7, 11) is 3.34. The van der Waals surface area contributed by atoms with Gasteiger partial charge in [-0.15, -0.1) is 0 Å². The zero-order valence-corrected chi connectivity index (χ0v) is 18.9. The second-order valence-corrected chi connectivity index (χ2v) is 8.28. The fourth-order valence-corrected chi connectivity index (χ4v) is 4.10. The molecule has 1 heterocycles. The summed E-state index contributed by atoms with van der Waals surface area (Å²) in [6.45, 7) is 11.8. The van der Waals surface area contributed by atoms with Crippen molar-refractivity contribution in [1.82, 2.24) is 0 Å². The topological polar surface area (TPSA) is 56.4 Å². The largest absolute Gasteiger partial charge is 0.493 e. The molecule has 1 amide bonds. The van der Waals surface area contributed by atoms with E-state index in [0.29, 0.717) is 6.54 Å². The van der Waals surface area contributed by atoms with E-state index < -0.39 is 0 Å². The first-order valence-electron chi connectivity index (χ1n) is 10.7. The van der Waals surface area contributed by atoms with Crippen molar-refractivity contribution in [1.29, 1.82) is 0 Å². The van der Waals surface area contributed by atoms with Crippen LogP contribution in [0.4, 0.5) is 5.69 Å². The van der Waals surface area contributed by atoms with E-state index in [-0.39, 0.29) is 5.91 Å². The van der Waals surface area contributed by atoms with Crippen molar-refractivity contribution < 1.29 is 24.1 Å². The maximum atomic E-state index is 12.5. The van der Waals surface area contributed by atoms with E-state index in [4.69, 9.17) is 9.47 Å². The highest BCUT2D eigenvalue weighted by molar-refractivity contribution is 5.92. The SMILES string of the molecule is COc1cc(C)c(C[NH+]2CC[NH+](CC(=O)Nc3cccc(C)c3C)CC2)cc1OC. The molecule has 1 fully saturated rings. The molecule has 2 aromatic carbocycles. The molecule has 0 bridgehead atoms. The number of carbonyl (C=O) groups excluding carboxylic acids is 1. The summed E-state index contributed by atoms with van der Waals surface area (Å²) >= 11 is 0. The molecule has 0 unspecified atom stereocenters. The van der Waals surface area contributed by atoms with Gasteiger partial charge in [-0.2, -0.15) is 0 Å². The van der Waals surface area contributed by atoms with Crippen molar-refractivity contribution in [2.24, 2.45) is 0 Å². The quantitative estimate of drug-likeness (QED) is 0.622. The van der Waals surface area contributed by atoms with Crippen LogP contribution in [0.15, 0.2) is 30.3 Å². The Kier molecular flexibility index (Phi) is 7.34. The Labute approximate surface area is 179 Å². The van der Waals surface area contributed by atoms with E-state index >= 15 is 0 Å². The average molecular weight is 414 g/mol. The fourth-order valence-electron chi connectivity index (χ4n) is 4.10. The maximum Gasteiger partial charge on any atom is 0.279 e. The lowest BCUT2D eigenvalue weighted by Crippen LogP contribution is -3.28. The van der Waals surface area contributed by atoms with Crippen LogP contribution in [-0.4, -0.2) is 52.9 Å². The summed E-state index contributed by atoms with van der Waals surface area (Å²) in [6, 6.07) is 10.2. The van der Waals surface area contributed by atoms with Crippen LogP contribution in [0, 0.1) is 20.8 Å². The van der Waals surface area contributed by atoms with E-state index in [9.17, 15) is 4.79 Å². The third-order valence-corrected chi connectivity index (χ3v) is 6.24. The number of hydrogen-bond donors (Lipinski definition) is 3. The number of quaternary nitrogens is 2. The zero-order chi connectivity index (χ0) is 21.7. The molecule has 0 spiro atoms. The molecular formula is C24H35N3O3+2. The van der Waals surface area contributed by atoms with Gasteiger partial charge in [0, 0.05) is 11.3 Å². The number of hydrogen-bond acceptors (Lipinski definition) is 3. The van der Waals surface area contributed by atoms with Crippen LogP contribution in [0.1, 0.15) is 22.3 Å². The molecular weight excluding hydrogens is 378 g/mol. The van der Waals surface area contributed by atoms with Crippen LogP contribution < -0.4 is 24.6 Å². The van der Waals surface area contributed by atoms with Crippen molar-refractivity contribution in [3.63, 3.8) is 0 Å². The van der Waals surface area contributed by atoms with Gasteiger partial charge in [0.15, 0.2) is 18.0 Å². The Morgan fingerprint density at radius 3 is 2.23 bits per heavy atom. The van der Waals surface area contributed by atoms with Gasteiger partial charge in [-0.25, -0.2) is 0 Å². The predicted octanol–water partition coefficient (Wildman–Crippen LogP) is 0.551. The number of aryl methyl sites for hydroxylation is 2. The lowest BCUT2D eigenvalue weighted by atomic mass is 10.1. The summed E-state index contributed by atoms with van der Waals surface area (Å²) in [5.41, 5.74) is 5.78. The monoisotopic (exact) mass is 413 g/mol. The van der Waals surface area contributed by atoms with Gasteiger partial charge in [-0.05, 0) is 55.7 Å². The number of anilines is 1. The van der Waals surface area contributed by atoms with Crippen LogP contribution in [0.3, 0.4) is 0 Å². The molecule has 1 aliphatic rings. The number of piperazine rings is 1. The molecule has 1 saturated heterocycles. The lowest BCUT2D eigenvalue weighted by molar-refractivity contribution is -1.02. The second-order valence-electron chi connectivity index (χ2n) is 8.28. The summed E-state index contributed by atoms with van der Waals surface area (Å²) in [5.74, 6) is 1.65. The number of amides is 1. The highest BCUT2D eigenvalue weighted by Gasteiger charge is 2.26. The van der Waals surface area contributed by atoms with Crippen molar-refractivity contribution >= 4 is 11.6 Å². The number of benzene rings is 2. The van der Waals surface area contributed by atoms with Gasteiger partial charge >= 0.3 is 0 Å². The molecule has 0 atom stereocenters. The van der Waals surface area contributed by atoms with Crippen LogP contribution in [0.5, 0.6) is 11.5 Å². The Morgan fingerprint density at radius 2 is 1.57 bits per heavy atom. The zero-order valence-electron chi connectivity index (χ0n) is 18.9. The standard InChI is InChI=1S/C24H33N3O3/c1-17-7-6-8-21(19(17)3)25-24(28)16-27-11-9-26(10-12-27)15-20-14-23(30-5)22(29-4)13-18(20)2/h6-8,13-14H,9-12,15-16H2,1-5H3,(H,25,28)/p+2. The van der Waals surface area contributed by atoms with E-state index in [1.54, 1.807) is 19.1 Å². The maximum absolute atomic E-state index is 12.5. The molecule has 162 valence electrons. The summed E-state index contributed by atoms with van der Waals surface area (Å²) in [4.78, 5) is 15.4. The molecule has 2 aromatic rings. The number of carbonyl (C=O) groups is 1. The van der Waals surface area contributed by atoms with Gasteiger partial charge in [0.25, 0.3) is 5.91 Å². The van der Waals surface area contributed by atoms with Gasteiger partial charge in [-0.1, -0.05) is 12.1 Å². The molecule has 0 aromatic heterocycles. The number of rotatable bonds is 7. The Balaban J connectivity index is 1.51. The van der Waals surface area contributed by atoms with Gasteiger partial charge in [0.1, 0.15) is 32.7 Å². The van der Waals surface area contributed by atoms with E-state index in [1.165, 1.54) is 21.6 Å². The van der Waals surface area contributed by atoms with Crippen molar-refractivity contribution in [3.8, 4) is 11.5 Å². The average Bonchev–Trinajstić information content (AvgIpc) is 2.74. The first-order chi connectivity index (χ1) is 14.4. The molecule has 1 aliphatic heterocycles. The van der Waals surface area contributed by atoms with Gasteiger partial charge in [0.2, 0.25) is 0 Å². The number of ether oxygens (including phenoxy) is 2. The van der Waals surface area contributed by atoms with Crippen molar-refractivity contribution in [2.75, 3.05) is 52.3 Å². The summed E-state index contributed by atoms with van der Waals surface area (Å²) in [5, 5.41) is 3.09. The van der Waals surface area contributed by atoms with Crippen molar-refractivity contribution in [2.45, 2.75) is 27.3 Å². The molecule has 3 rings (SSSR count). The normalized spacial score (nSPS) is 18.7. The number of nitrogens with one attached hydrogen (secondary N) is 3. The van der Waals surface area contributed by atoms with Gasteiger partial charge in [-0.3, -0.25) is 4.79 Å². The minimum absolute atomic E-state index is 0.0953. The second kappa shape index (κ2) is 9.96. The molecule has 0 saturated carbocycles. The molecule has 6 heteroatoms. The Morgan fingerprint density at radius 1 is 0.933 bits per heavy atom.